The Morgan fingerprint density at radius 3 is 2.93 bits per heavy atom. The van der Waals surface area contributed by atoms with E-state index in [4.69, 9.17) is 0 Å². The maximum atomic E-state index is 4.33. The van der Waals surface area contributed by atoms with Crippen molar-refractivity contribution in [3.05, 3.63) is 9.98 Å². The molecule has 2 rings (SSSR count). The number of hydrogen-bond donors (Lipinski definition) is 1. The standard InChI is InChI=1S/C10H15BrN2S/c1-2-3-10(4-5-10)7-12-9-13-8(11)6-14-9/h6H,2-5,7H2,1H3,(H,12,13). The highest BCUT2D eigenvalue weighted by Gasteiger charge is 2.41. The van der Waals surface area contributed by atoms with Crippen molar-refractivity contribution >= 4 is 32.4 Å². The minimum Gasteiger partial charge on any atom is -0.361 e. The number of aromatic nitrogens is 1. The summed E-state index contributed by atoms with van der Waals surface area (Å²) in [7, 11) is 0. The van der Waals surface area contributed by atoms with E-state index in [1.165, 1.54) is 25.7 Å². The molecular formula is C10H15BrN2S. The normalized spacial score (nSPS) is 18.1. The molecule has 0 atom stereocenters. The lowest BCUT2D eigenvalue weighted by atomic mass is 10.0. The smallest absolute Gasteiger partial charge is 0.183 e. The Morgan fingerprint density at radius 2 is 2.43 bits per heavy atom. The van der Waals surface area contributed by atoms with Gasteiger partial charge in [-0.15, -0.1) is 11.3 Å². The number of halogens is 1. The number of nitrogens with one attached hydrogen (secondary N) is 1. The molecule has 0 unspecified atom stereocenters. The zero-order valence-electron chi connectivity index (χ0n) is 8.35. The molecule has 4 heteroatoms. The van der Waals surface area contributed by atoms with Crippen LogP contribution in [0.1, 0.15) is 32.6 Å². The lowest BCUT2D eigenvalue weighted by Gasteiger charge is -2.13. The van der Waals surface area contributed by atoms with Crippen LogP contribution in [-0.2, 0) is 0 Å². The summed E-state index contributed by atoms with van der Waals surface area (Å²) in [6.45, 7) is 3.36. The Labute approximate surface area is 97.3 Å². The van der Waals surface area contributed by atoms with E-state index < -0.39 is 0 Å². The molecule has 1 aliphatic rings. The summed E-state index contributed by atoms with van der Waals surface area (Å²) in [4.78, 5) is 4.33. The summed E-state index contributed by atoms with van der Waals surface area (Å²) in [6, 6.07) is 0. The Balaban J connectivity index is 1.82. The van der Waals surface area contributed by atoms with E-state index in [-0.39, 0.29) is 0 Å². The van der Waals surface area contributed by atoms with Gasteiger partial charge in [0.15, 0.2) is 5.13 Å². The fourth-order valence-corrected chi connectivity index (χ4v) is 2.96. The van der Waals surface area contributed by atoms with Crippen molar-refractivity contribution in [1.82, 2.24) is 4.98 Å². The number of rotatable bonds is 5. The summed E-state index contributed by atoms with van der Waals surface area (Å²) in [5.74, 6) is 0. The molecule has 1 aliphatic carbocycles. The van der Waals surface area contributed by atoms with E-state index in [1.54, 1.807) is 11.3 Å². The molecule has 1 N–H and O–H groups in total. The minimum atomic E-state index is 0.604. The third-order valence-electron chi connectivity index (χ3n) is 2.83. The number of anilines is 1. The van der Waals surface area contributed by atoms with E-state index in [1.807, 2.05) is 5.38 Å². The fraction of sp³-hybridized carbons (Fsp3) is 0.700. The average molecular weight is 275 g/mol. The number of thiazole rings is 1. The van der Waals surface area contributed by atoms with Crippen molar-refractivity contribution in [1.29, 1.82) is 0 Å². The molecule has 1 aromatic heterocycles. The predicted octanol–water partition coefficient (Wildman–Crippen LogP) is 3.90. The molecular weight excluding hydrogens is 260 g/mol. The van der Waals surface area contributed by atoms with Gasteiger partial charge in [0, 0.05) is 11.9 Å². The average Bonchev–Trinajstić information content (AvgIpc) is 2.80. The van der Waals surface area contributed by atoms with Gasteiger partial charge in [-0.3, -0.25) is 0 Å². The molecule has 0 amide bonds. The Hall–Kier alpha value is -0.0900. The van der Waals surface area contributed by atoms with Gasteiger partial charge in [-0.05, 0) is 40.6 Å². The topological polar surface area (TPSA) is 24.9 Å². The van der Waals surface area contributed by atoms with Crippen molar-refractivity contribution in [2.75, 3.05) is 11.9 Å². The highest BCUT2D eigenvalue weighted by molar-refractivity contribution is 9.10. The van der Waals surface area contributed by atoms with E-state index in [0.29, 0.717) is 5.41 Å². The molecule has 78 valence electrons. The van der Waals surface area contributed by atoms with E-state index in [9.17, 15) is 0 Å². The summed E-state index contributed by atoms with van der Waals surface area (Å²) < 4.78 is 0.935. The van der Waals surface area contributed by atoms with Crippen LogP contribution in [0.3, 0.4) is 0 Å². The van der Waals surface area contributed by atoms with Crippen LogP contribution in [0.25, 0.3) is 0 Å². The molecule has 1 fully saturated rings. The van der Waals surface area contributed by atoms with Crippen LogP contribution in [0.2, 0.25) is 0 Å². The van der Waals surface area contributed by atoms with Gasteiger partial charge >= 0.3 is 0 Å². The SMILES string of the molecule is CCCC1(CNc2nc(Br)cs2)CC1. The van der Waals surface area contributed by atoms with Crippen LogP contribution in [0, 0.1) is 5.41 Å². The second-order valence-electron chi connectivity index (χ2n) is 4.08. The van der Waals surface area contributed by atoms with Crippen molar-refractivity contribution in [2.24, 2.45) is 5.41 Å². The molecule has 1 aromatic rings. The van der Waals surface area contributed by atoms with Crippen molar-refractivity contribution < 1.29 is 0 Å². The Bertz CT molecular complexity index is 307. The first-order valence-corrected chi connectivity index (χ1v) is 6.76. The highest BCUT2D eigenvalue weighted by Crippen LogP contribution is 2.49. The van der Waals surface area contributed by atoms with E-state index in [0.717, 1.165) is 16.3 Å². The van der Waals surface area contributed by atoms with Crippen molar-refractivity contribution in [3.63, 3.8) is 0 Å². The highest BCUT2D eigenvalue weighted by atomic mass is 79.9. The maximum Gasteiger partial charge on any atom is 0.183 e. The van der Waals surface area contributed by atoms with Gasteiger partial charge in [-0.25, -0.2) is 4.98 Å². The van der Waals surface area contributed by atoms with Crippen molar-refractivity contribution in [2.45, 2.75) is 32.6 Å². The van der Waals surface area contributed by atoms with Crippen LogP contribution in [0.5, 0.6) is 0 Å². The fourth-order valence-electron chi connectivity index (χ4n) is 1.82. The van der Waals surface area contributed by atoms with Crippen LogP contribution < -0.4 is 5.32 Å². The molecule has 2 nitrogen and oxygen atoms in total. The van der Waals surface area contributed by atoms with Gasteiger partial charge in [0.25, 0.3) is 0 Å². The van der Waals surface area contributed by atoms with Crippen molar-refractivity contribution in [3.8, 4) is 0 Å². The van der Waals surface area contributed by atoms with E-state index in [2.05, 4.69) is 33.2 Å². The van der Waals surface area contributed by atoms with Gasteiger partial charge in [-0.2, -0.15) is 0 Å². The molecule has 0 radical (unpaired) electrons. The van der Waals surface area contributed by atoms with Gasteiger partial charge < -0.3 is 5.32 Å². The van der Waals surface area contributed by atoms with Gasteiger partial charge in [0.1, 0.15) is 4.60 Å². The molecule has 1 heterocycles. The molecule has 14 heavy (non-hydrogen) atoms. The monoisotopic (exact) mass is 274 g/mol. The maximum absolute atomic E-state index is 4.33. The van der Waals surface area contributed by atoms with Crippen LogP contribution >= 0.6 is 27.3 Å². The lowest BCUT2D eigenvalue weighted by molar-refractivity contribution is 0.485. The van der Waals surface area contributed by atoms with Gasteiger partial charge in [0.2, 0.25) is 0 Å². The minimum absolute atomic E-state index is 0.604. The third kappa shape index (κ3) is 2.48. The first-order valence-electron chi connectivity index (χ1n) is 5.09. The van der Waals surface area contributed by atoms with Gasteiger partial charge in [-0.1, -0.05) is 13.3 Å². The molecule has 0 aliphatic heterocycles. The largest absolute Gasteiger partial charge is 0.361 e. The van der Waals surface area contributed by atoms with E-state index >= 15 is 0 Å². The molecule has 0 aromatic carbocycles. The molecule has 0 spiro atoms. The first kappa shape index (κ1) is 10.4. The summed E-state index contributed by atoms with van der Waals surface area (Å²) in [6.07, 6.45) is 5.43. The zero-order valence-corrected chi connectivity index (χ0v) is 10.7. The summed E-state index contributed by atoms with van der Waals surface area (Å²) >= 11 is 5.03. The van der Waals surface area contributed by atoms with Crippen LogP contribution in [-0.4, -0.2) is 11.5 Å². The molecule has 0 saturated heterocycles. The third-order valence-corrected chi connectivity index (χ3v) is 4.34. The number of hydrogen-bond acceptors (Lipinski definition) is 3. The number of nitrogens with zero attached hydrogens (tertiary/aromatic N) is 1. The second-order valence-corrected chi connectivity index (χ2v) is 5.75. The Morgan fingerprint density at radius 1 is 1.64 bits per heavy atom. The van der Waals surface area contributed by atoms with Gasteiger partial charge in [0.05, 0.1) is 0 Å². The summed E-state index contributed by atoms with van der Waals surface area (Å²) in [5, 5.41) is 6.49. The summed E-state index contributed by atoms with van der Waals surface area (Å²) in [5.41, 5.74) is 0.604. The first-order chi connectivity index (χ1) is 6.74. The Kier molecular flexibility index (Phi) is 3.12. The van der Waals surface area contributed by atoms with Crippen LogP contribution in [0.4, 0.5) is 5.13 Å². The second kappa shape index (κ2) is 4.19. The molecule has 0 bridgehead atoms. The lowest BCUT2D eigenvalue weighted by Crippen LogP contribution is -2.14. The predicted molar refractivity (Wildman–Crippen MR) is 64.9 cm³/mol. The zero-order chi connectivity index (χ0) is 10.0. The van der Waals surface area contributed by atoms with Crippen LogP contribution in [0.15, 0.2) is 9.98 Å². The quantitative estimate of drug-likeness (QED) is 0.881. The molecule has 1 saturated carbocycles.